The Balaban J connectivity index is 0.000000155. The Labute approximate surface area is 295 Å². The van der Waals surface area contributed by atoms with E-state index in [1.54, 1.807) is 6.20 Å². The van der Waals surface area contributed by atoms with Crippen LogP contribution in [0.4, 0.5) is 0 Å². The Bertz CT molecular complexity index is 1680. The highest BCUT2D eigenvalue weighted by atomic mass is 127. The van der Waals surface area contributed by atoms with Crippen LogP contribution in [0.5, 0.6) is 0 Å². The number of benzene rings is 3. The molecular weight excluding hydrogens is 810 g/mol. The SMILES string of the molecule is Brc1ccn(-c2ccccc2)n1.Brc1ccn[nH]1.CC1(C)OB(c2ccn(-c3ccccc3)n2)OC1(C)C.Ic1ccccc1. The van der Waals surface area contributed by atoms with Crippen LogP contribution in [0.2, 0.25) is 0 Å². The summed E-state index contributed by atoms with van der Waals surface area (Å²) in [7, 11) is -0.412. The summed E-state index contributed by atoms with van der Waals surface area (Å²) in [6.07, 6.45) is 5.53. The van der Waals surface area contributed by atoms with E-state index in [1.165, 1.54) is 3.57 Å². The number of rotatable bonds is 3. The lowest BCUT2D eigenvalue weighted by Gasteiger charge is -2.32. The number of aromatic amines is 1. The summed E-state index contributed by atoms with van der Waals surface area (Å²) in [4.78, 5) is 0. The number of aromatic nitrogens is 6. The lowest BCUT2D eigenvalue weighted by molar-refractivity contribution is 0.00578. The van der Waals surface area contributed by atoms with Crippen LogP contribution in [0.1, 0.15) is 27.7 Å². The molecule has 0 saturated carbocycles. The number of nitrogens with zero attached hydrogens (tertiary/aromatic N) is 5. The predicted molar refractivity (Wildman–Crippen MR) is 196 cm³/mol. The van der Waals surface area contributed by atoms with Crippen molar-refractivity contribution in [2.45, 2.75) is 38.9 Å². The monoisotopic (exact) mass is 842 g/mol. The molecule has 0 aliphatic carbocycles. The summed E-state index contributed by atoms with van der Waals surface area (Å²) in [5, 5.41) is 15.1. The van der Waals surface area contributed by atoms with Gasteiger partial charge >= 0.3 is 7.12 Å². The molecule has 3 aromatic carbocycles. The zero-order valence-corrected chi connectivity index (χ0v) is 30.7. The largest absolute Gasteiger partial charge is 0.516 e. The molecule has 6 aromatic rings. The molecule has 3 aromatic heterocycles. The van der Waals surface area contributed by atoms with Crippen molar-refractivity contribution >= 4 is 67.2 Å². The van der Waals surface area contributed by atoms with Crippen LogP contribution in [-0.2, 0) is 9.31 Å². The van der Waals surface area contributed by atoms with Crippen molar-refractivity contribution in [1.29, 1.82) is 0 Å². The summed E-state index contributed by atoms with van der Waals surface area (Å²) in [5.41, 5.74) is 2.22. The van der Waals surface area contributed by atoms with Gasteiger partial charge in [0.15, 0.2) is 0 Å². The van der Waals surface area contributed by atoms with E-state index >= 15 is 0 Å². The van der Waals surface area contributed by atoms with Crippen molar-refractivity contribution in [2.24, 2.45) is 0 Å². The van der Waals surface area contributed by atoms with Gasteiger partial charge in [0, 0.05) is 22.2 Å². The van der Waals surface area contributed by atoms with Crippen LogP contribution in [0.15, 0.2) is 137 Å². The van der Waals surface area contributed by atoms with Crippen molar-refractivity contribution in [2.75, 3.05) is 0 Å². The normalized spacial score (nSPS) is 14.2. The lowest BCUT2D eigenvalue weighted by atomic mass is 9.85. The zero-order chi connectivity index (χ0) is 32.3. The second-order valence-corrected chi connectivity index (χ2v) is 13.6. The molecule has 8 nitrogen and oxygen atoms in total. The van der Waals surface area contributed by atoms with Gasteiger partial charge < -0.3 is 9.31 Å². The molecule has 1 fully saturated rings. The maximum Gasteiger partial charge on any atom is 0.516 e. The number of hydrogen-bond donors (Lipinski definition) is 1. The van der Waals surface area contributed by atoms with E-state index in [9.17, 15) is 0 Å². The quantitative estimate of drug-likeness (QED) is 0.143. The smallest absolute Gasteiger partial charge is 0.398 e. The van der Waals surface area contributed by atoms with Crippen molar-refractivity contribution in [1.82, 2.24) is 29.8 Å². The fourth-order valence-corrected chi connectivity index (χ4v) is 4.76. The molecule has 12 heteroatoms. The number of hydrogen-bond acceptors (Lipinski definition) is 5. The van der Waals surface area contributed by atoms with Gasteiger partial charge in [-0.3, -0.25) is 5.10 Å². The van der Waals surface area contributed by atoms with E-state index in [2.05, 4.69) is 87.0 Å². The molecule has 1 saturated heterocycles. The third-order valence-corrected chi connectivity index (χ3v) is 8.49. The van der Waals surface area contributed by atoms with Crippen LogP contribution in [0, 0.1) is 3.57 Å². The molecule has 4 heterocycles. The standard InChI is InChI=1S/C15H19BN2O2.C9H7BrN2.C6H5I.C3H3BrN2/c1-14(2)15(3,4)20-16(19-14)13-10-11-18(17-13)12-8-6-5-7-9-12;10-9-6-7-12(11-9)8-4-2-1-3-5-8;7-6-4-2-1-3-5-6;4-3-1-2-5-6-3/h5-11H,1-4H3;1-7H;1-5H;1-2H,(H,5,6). The Hall–Kier alpha value is -3.04. The second-order valence-electron chi connectivity index (χ2n) is 10.7. The molecule has 0 bridgehead atoms. The maximum atomic E-state index is 6.00. The molecule has 0 spiro atoms. The Morgan fingerprint density at radius 1 is 0.667 bits per heavy atom. The third-order valence-electron chi connectivity index (χ3n) is 6.90. The maximum absolute atomic E-state index is 6.00. The van der Waals surface area contributed by atoms with Gasteiger partial charge in [-0.25, -0.2) is 9.36 Å². The van der Waals surface area contributed by atoms with Crippen LogP contribution < -0.4 is 5.59 Å². The molecule has 1 aliphatic rings. The van der Waals surface area contributed by atoms with E-state index in [4.69, 9.17) is 9.31 Å². The Morgan fingerprint density at radius 3 is 1.53 bits per heavy atom. The fraction of sp³-hybridized carbons (Fsp3) is 0.182. The van der Waals surface area contributed by atoms with E-state index in [1.807, 2.05) is 147 Å². The van der Waals surface area contributed by atoms with E-state index in [0.717, 1.165) is 26.2 Å². The number of halogens is 3. The van der Waals surface area contributed by atoms with Gasteiger partial charge in [0.05, 0.1) is 28.2 Å². The minimum Gasteiger partial charge on any atom is -0.398 e. The highest BCUT2D eigenvalue weighted by molar-refractivity contribution is 14.1. The van der Waals surface area contributed by atoms with Gasteiger partial charge in [-0.1, -0.05) is 54.6 Å². The topological polar surface area (TPSA) is 82.8 Å². The third kappa shape index (κ3) is 10.5. The molecule has 0 atom stereocenters. The molecular formula is C33H34BBr2IN6O2. The highest BCUT2D eigenvalue weighted by Crippen LogP contribution is 2.36. The second kappa shape index (κ2) is 16.5. The van der Waals surface area contributed by atoms with E-state index in [0.29, 0.717) is 0 Å². The predicted octanol–water partition coefficient (Wildman–Crippen LogP) is 8.27. The summed E-state index contributed by atoms with van der Waals surface area (Å²) in [6, 6.07) is 35.9. The van der Waals surface area contributed by atoms with Gasteiger partial charge in [0.2, 0.25) is 0 Å². The molecule has 0 unspecified atom stereocenters. The first kappa shape index (κ1) is 34.8. The van der Waals surface area contributed by atoms with Gasteiger partial charge in [0.25, 0.3) is 0 Å². The average Bonchev–Trinajstić information content (AvgIpc) is 3.84. The Morgan fingerprint density at radius 2 is 1.16 bits per heavy atom. The molecule has 0 radical (unpaired) electrons. The summed E-state index contributed by atoms with van der Waals surface area (Å²) in [5.74, 6) is 0. The molecule has 0 amide bonds. The molecule has 7 rings (SSSR count). The summed E-state index contributed by atoms with van der Waals surface area (Å²) in [6.45, 7) is 8.17. The van der Waals surface area contributed by atoms with Crippen LogP contribution in [0.3, 0.4) is 0 Å². The van der Waals surface area contributed by atoms with Crippen molar-refractivity contribution < 1.29 is 9.31 Å². The first-order valence-electron chi connectivity index (χ1n) is 14.1. The van der Waals surface area contributed by atoms with Crippen molar-refractivity contribution in [3.63, 3.8) is 0 Å². The average molecular weight is 844 g/mol. The summed E-state index contributed by atoms with van der Waals surface area (Å²) >= 11 is 8.74. The van der Waals surface area contributed by atoms with Crippen LogP contribution in [0.25, 0.3) is 11.4 Å². The van der Waals surface area contributed by atoms with Crippen molar-refractivity contribution in [3.05, 3.63) is 141 Å². The van der Waals surface area contributed by atoms with Crippen LogP contribution >= 0.6 is 54.5 Å². The molecule has 1 N–H and O–H groups in total. The highest BCUT2D eigenvalue weighted by Gasteiger charge is 2.52. The van der Waals surface area contributed by atoms with E-state index < -0.39 is 7.12 Å². The van der Waals surface area contributed by atoms with Gasteiger partial charge in [0.1, 0.15) is 9.21 Å². The zero-order valence-electron chi connectivity index (χ0n) is 25.4. The molecule has 1 aliphatic heterocycles. The van der Waals surface area contributed by atoms with Gasteiger partial charge in [-0.15, -0.1) is 0 Å². The lowest BCUT2D eigenvalue weighted by Crippen LogP contribution is -2.41. The number of para-hydroxylation sites is 2. The minimum absolute atomic E-state index is 0.339. The Kier molecular flexibility index (Phi) is 12.8. The van der Waals surface area contributed by atoms with Crippen molar-refractivity contribution in [3.8, 4) is 11.4 Å². The molecule has 232 valence electrons. The number of nitrogens with one attached hydrogen (secondary N) is 1. The van der Waals surface area contributed by atoms with Gasteiger partial charge in [-0.2, -0.15) is 15.3 Å². The number of H-pyrrole nitrogens is 1. The molecule has 45 heavy (non-hydrogen) atoms. The first-order chi connectivity index (χ1) is 21.5. The fourth-order valence-electron chi connectivity index (χ4n) is 3.83. The first-order valence-corrected chi connectivity index (χ1v) is 16.8. The summed E-state index contributed by atoms with van der Waals surface area (Å²) < 4.78 is 18.7. The minimum atomic E-state index is -0.412. The van der Waals surface area contributed by atoms with E-state index in [-0.39, 0.29) is 11.2 Å². The van der Waals surface area contributed by atoms with Crippen LogP contribution in [-0.4, -0.2) is 48.1 Å². The van der Waals surface area contributed by atoms with Gasteiger partial charge in [-0.05, 0) is 137 Å².